The fraction of sp³-hybridized carbons (Fsp3) is 0.381. The summed E-state index contributed by atoms with van der Waals surface area (Å²) >= 11 is 1.76. The largest absolute Gasteiger partial charge is 0.492 e. The van der Waals surface area contributed by atoms with E-state index in [9.17, 15) is 4.79 Å². The van der Waals surface area contributed by atoms with Gasteiger partial charge in [0, 0.05) is 37.5 Å². The number of carbonyl (C=O) groups is 1. The first-order chi connectivity index (χ1) is 12.7. The highest BCUT2D eigenvalue weighted by Crippen LogP contribution is 2.17. The SMILES string of the molecule is CSc1ccc(CN2CCC(=O)N(CCOc3ccccc3)CC2)cc1. The number of hydrogen-bond donors (Lipinski definition) is 0. The topological polar surface area (TPSA) is 32.8 Å². The van der Waals surface area contributed by atoms with E-state index in [1.807, 2.05) is 35.2 Å². The Hall–Kier alpha value is -1.98. The number of ether oxygens (including phenoxy) is 1. The highest BCUT2D eigenvalue weighted by molar-refractivity contribution is 7.98. The minimum Gasteiger partial charge on any atom is -0.492 e. The van der Waals surface area contributed by atoms with Crippen LogP contribution < -0.4 is 4.74 Å². The normalized spacial score (nSPS) is 15.7. The Morgan fingerprint density at radius 2 is 1.77 bits per heavy atom. The van der Waals surface area contributed by atoms with Gasteiger partial charge in [-0.15, -0.1) is 11.8 Å². The standard InChI is InChI=1S/C21H26N2O2S/c1-26-20-9-7-18(8-10-20)17-22-12-11-21(24)23(14-13-22)15-16-25-19-5-3-2-4-6-19/h2-10H,11-17H2,1H3. The van der Waals surface area contributed by atoms with Gasteiger partial charge in [0.05, 0.1) is 6.54 Å². The van der Waals surface area contributed by atoms with Crippen LogP contribution in [0.5, 0.6) is 5.75 Å². The Kier molecular flexibility index (Phi) is 6.97. The molecule has 1 heterocycles. The van der Waals surface area contributed by atoms with E-state index in [-0.39, 0.29) is 5.91 Å². The third-order valence-electron chi connectivity index (χ3n) is 4.62. The number of thioether (sulfide) groups is 1. The highest BCUT2D eigenvalue weighted by Gasteiger charge is 2.20. The molecule has 0 saturated carbocycles. The van der Waals surface area contributed by atoms with E-state index in [1.165, 1.54) is 10.5 Å². The minimum atomic E-state index is 0.224. The van der Waals surface area contributed by atoms with Gasteiger partial charge in [0.2, 0.25) is 5.91 Å². The molecule has 5 heteroatoms. The second-order valence-electron chi connectivity index (χ2n) is 6.42. The molecule has 0 spiro atoms. The number of rotatable bonds is 7. The maximum absolute atomic E-state index is 12.4. The van der Waals surface area contributed by atoms with E-state index >= 15 is 0 Å². The first-order valence-corrected chi connectivity index (χ1v) is 10.3. The molecule has 1 fully saturated rings. The van der Waals surface area contributed by atoms with Gasteiger partial charge in [0.25, 0.3) is 0 Å². The van der Waals surface area contributed by atoms with Crippen LogP contribution in [0.4, 0.5) is 0 Å². The Labute approximate surface area is 160 Å². The van der Waals surface area contributed by atoms with Gasteiger partial charge >= 0.3 is 0 Å². The zero-order chi connectivity index (χ0) is 18.2. The molecule has 0 atom stereocenters. The lowest BCUT2D eigenvalue weighted by Crippen LogP contribution is -2.36. The summed E-state index contributed by atoms with van der Waals surface area (Å²) in [5.41, 5.74) is 1.30. The summed E-state index contributed by atoms with van der Waals surface area (Å²) in [5.74, 6) is 1.08. The summed E-state index contributed by atoms with van der Waals surface area (Å²) < 4.78 is 5.73. The average Bonchev–Trinajstić information content (AvgIpc) is 2.85. The van der Waals surface area contributed by atoms with Gasteiger partial charge in [-0.1, -0.05) is 30.3 Å². The molecule has 26 heavy (non-hydrogen) atoms. The molecule has 0 N–H and O–H groups in total. The lowest BCUT2D eigenvalue weighted by atomic mass is 10.2. The summed E-state index contributed by atoms with van der Waals surface area (Å²) in [6.07, 6.45) is 2.67. The summed E-state index contributed by atoms with van der Waals surface area (Å²) in [6, 6.07) is 18.4. The molecular formula is C21H26N2O2S. The van der Waals surface area contributed by atoms with Gasteiger partial charge in [0.15, 0.2) is 0 Å². The van der Waals surface area contributed by atoms with E-state index < -0.39 is 0 Å². The number of benzene rings is 2. The lowest BCUT2D eigenvalue weighted by Gasteiger charge is -2.22. The fourth-order valence-corrected chi connectivity index (χ4v) is 3.49. The molecule has 1 amide bonds. The summed E-state index contributed by atoms with van der Waals surface area (Å²) in [6.45, 7) is 4.56. The molecule has 0 unspecified atom stereocenters. The van der Waals surface area contributed by atoms with Gasteiger partial charge in [-0.05, 0) is 36.1 Å². The van der Waals surface area contributed by atoms with Crippen LogP contribution in [0.25, 0.3) is 0 Å². The van der Waals surface area contributed by atoms with Gasteiger partial charge in [-0.3, -0.25) is 9.69 Å². The molecule has 2 aromatic carbocycles. The van der Waals surface area contributed by atoms with E-state index in [2.05, 4.69) is 35.4 Å². The fourth-order valence-electron chi connectivity index (χ4n) is 3.08. The Balaban J connectivity index is 1.47. The van der Waals surface area contributed by atoms with Crippen LogP contribution in [0.3, 0.4) is 0 Å². The van der Waals surface area contributed by atoms with Crippen molar-refractivity contribution in [3.63, 3.8) is 0 Å². The van der Waals surface area contributed by atoms with Crippen molar-refractivity contribution in [2.24, 2.45) is 0 Å². The molecule has 0 bridgehead atoms. The number of hydrogen-bond acceptors (Lipinski definition) is 4. The first-order valence-electron chi connectivity index (χ1n) is 9.05. The van der Waals surface area contributed by atoms with Gasteiger partial charge in [-0.2, -0.15) is 0 Å². The van der Waals surface area contributed by atoms with Crippen LogP contribution in [-0.4, -0.2) is 54.7 Å². The maximum Gasteiger partial charge on any atom is 0.224 e. The molecule has 1 aliphatic heterocycles. The quantitative estimate of drug-likeness (QED) is 0.698. The number of para-hydroxylation sites is 1. The van der Waals surface area contributed by atoms with Crippen LogP contribution in [0, 0.1) is 0 Å². The third-order valence-corrected chi connectivity index (χ3v) is 5.36. The predicted octanol–water partition coefficient (Wildman–Crippen LogP) is 3.52. The average molecular weight is 371 g/mol. The molecule has 1 saturated heterocycles. The van der Waals surface area contributed by atoms with E-state index in [1.54, 1.807) is 11.8 Å². The number of carbonyl (C=O) groups excluding carboxylic acids is 1. The van der Waals surface area contributed by atoms with Crippen molar-refractivity contribution in [3.05, 3.63) is 60.2 Å². The monoisotopic (exact) mass is 370 g/mol. The first kappa shape index (κ1) is 18.8. The van der Waals surface area contributed by atoms with E-state index in [0.29, 0.717) is 19.6 Å². The van der Waals surface area contributed by atoms with Crippen LogP contribution in [0.2, 0.25) is 0 Å². The molecule has 0 aliphatic carbocycles. The Morgan fingerprint density at radius 3 is 2.50 bits per heavy atom. The van der Waals surface area contributed by atoms with Crippen LogP contribution in [-0.2, 0) is 11.3 Å². The molecule has 4 nitrogen and oxygen atoms in total. The highest BCUT2D eigenvalue weighted by atomic mass is 32.2. The number of amides is 1. The van der Waals surface area contributed by atoms with Gasteiger partial charge in [-0.25, -0.2) is 0 Å². The van der Waals surface area contributed by atoms with Crippen LogP contribution in [0.1, 0.15) is 12.0 Å². The van der Waals surface area contributed by atoms with Crippen LogP contribution >= 0.6 is 11.8 Å². The molecule has 0 radical (unpaired) electrons. The third kappa shape index (κ3) is 5.51. The summed E-state index contributed by atoms with van der Waals surface area (Å²) in [5, 5.41) is 0. The second kappa shape index (κ2) is 9.64. The second-order valence-corrected chi connectivity index (χ2v) is 7.30. The predicted molar refractivity (Wildman–Crippen MR) is 107 cm³/mol. The van der Waals surface area contributed by atoms with Crippen molar-refractivity contribution >= 4 is 17.7 Å². The van der Waals surface area contributed by atoms with Crippen molar-refractivity contribution in [3.8, 4) is 5.75 Å². The van der Waals surface area contributed by atoms with Gasteiger partial charge in [0.1, 0.15) is 12.4 Å². The Bertz CT molecular complexity index is 691. The molecule has 138 valence electrons. The van der Waals surface area contributed by atoms with Gasteiger partial charge < -0.3 is 9.64 Å². The summed E-state index contributed by atoms with van der Waals surface area (Å²) in [7, 11) is 0. The molecule has 2 aromatic rings. The zero-order valence-electron chi connectivity index (χ0n) is 15.3. The van der Waals surface area contributed by atoms with E-state index in [4.69, 9.17) is 4.74 Å². The number of nitrogens with zero attached hydrogens (tertiary/aromatic N) is 2. The van der Waals surface area contributed by atoms with Crippen molar-refractivity contribution in [1.29, 1.82) is 0 Å². The van der Waals surface area contributed by atoms with Crippen molar-refractivity contribution in [2.75, 3.05) is 39.0 Å². The Morgan fingerprint density at radius 1 is 1.00 bits per heavy atom. The lowest BCUT2D eigenvalue weighted by molar-refractivity contribution is -0.130. The zero-order valence-corrected chi connectivity index (χ0v) is 16.1. The maximum atomic E-state index is 12.4. The molecule has 0 aromatic heterocycles. The summed E-state index contributed by atoms with van der Waals surface area (Å²) in [4.78, 5) is 18.0. The van der Waals surface area contributed by atoms with Crippen molar-refractivity contribution < 1.29 is 9.53 Å². The molecule has 1 aliphatic rings. The van der Waals surface area contributed by atoms with E-state index in [0.717, 1.165) is 31.9 Å². The molecule has 3 rings (SSSR count). The van der Waals surface area contributed by atoms with Crippen molar-refractivity contribution in [2.45, 2.75) is 17.9 Å². The minimum absolute atomic E-state index is 0.224. The van der Waals surface area contributed by atoms with Crippen LogP contribution in [0.15, 0.2) is 59.5 Å². The van der Waals surface area contributed by atoms with Crippen molar-refractivity contribution in [1.82, 2.24) is 9.80 Å². The smallest absolute Gasteiger partial charge is 0.224 e. The molecular weight excluding hydrogens is 344 g/mol.